The summed E-state index contributed by atoms with van der Waals surface area (Å²) in [6.45, 7) is 3.96. The van der Waals surface area contributed by atoms with Gasteiger partial charge < -0.3 is 14.2 Å². The highest BCUT2D eigenvalue weighted by Crippen LogP contribution is 2.42. The van der Waals surface area contributed by atoms with Crippen molar-refractivity contribution in [3.05, 3.63) is 52.9 Å². The van der Waals surface area contributed by atoms with Crippen LogP contribution in [0, 0.1) is 0 Å². The van der Waals surface area contributed by atoms with E-state index in [2.05, 4.69) is 0 Å². The number of carbonyl (C=O) groups is 2. The van der Waals surface area contributed by atoms with Crippen molar-refractivity contribution in [2.75, 3.05) is 26.2 Å². The average Bonchev–Trinajstić information content (AvgIpc) is 2.96. The minimum atomic E-state index is -0.376. The summed E-state index contributed by atoms with van der Waals surface area (Å²) in [6, 6.07) is 12.1. The molecule has 7 heteroatoms. The third kappa shape index (κ3) is 3.96. The summed E-state index contributed by atoms with van der Waals surface area (Å²) in [5, 5.41) is 0.127. The number of carbonyl (C=O) groups excluding carboxylic acids is 2. The standard InChI is InChI=1S/C22H23NO5S/c1-13(2)29-20-19(14-9-10-17(27-4)18(11-14)28-5)21(24)23(22(20)25)15-7-6-8-16(12-15)26-3/h6-13H,1-5H3. The molecule has 0 spiro atoms. The number of ether oxygens (including phenoxy) is 3. The molecule has 0 N–H and O–H groups in total. The van der Waals surface area contributed by atoms with E-state index in [0.717, 1.165) is 0 Å². The smallest absolute Gasteiger partial charge is 0.272 e. The van der Waals surface area contributed by atoms with E-state index in [1.165, 1.54) is 23.8 Å². The molecule has 0 saturated heterocycles. The maximum atomic E-state index is 13.4. The zero-order valence-corrected chi connectivity index (χ0v) is 17.8. The number of nitrogens with zero attached hydrogens (tertiary/aromatic N) is 1. The van der Waals surface area contributed by atoms with Crippen LogP contribution >= 0.6 is 11.8 Å². The summed E-state index contributed by atoms with van der Waals surface area (Å²) in [6.07, 6.45) is 0. The van der Waals surface area contributed by atoms with E-state index < -0.39 is 0 Å². The topological polar surface area (TPSA) is 65.1 Å². The van der Waals surface area contributed by atoms with E-state index in [4.69, 9.17) is 14.2 Å². The Hall–Kier alpha value is -2.93. The monoisotopic (exact) mass is 413 g/mol. The first kappa shape index (κ1) is 20.8. The van der Waals surface area contributed by atoms with Crippen molar-refractivity contribution >= 4 is 34.8 Å². The van der Waals surface area contributed by atoms with Gasteiger partial charge in [0.25, 0.3) is 11.8 Å². The fraction of sp³-hybridized carbons (Fsp3) is 0.273. The lowest BCUT2D eigenvalue weighted by atomic mass is 10.1. The van der Waals surface area contributed by atoms with Gasteiger partial charge in [-0.2, -0.15) is 0 Å². The highest BCUT2D eigenvalue weighted by Gasteiger charge is 2.40. The number of benzene rings is 2. The summed E-state index contributed by atoms with van der Waals surface area (Å²) >= 11 is 1.37. The Bertz CT molecular complexity index is 983. The number of thioether (sulfide) groups is 1. The van der Waals surface area contributed by atoms with Gasteiger partial charge in [0.05, 0.1) is 37.5 Å². The Labute approximate surface area is 174 Å². The highest BCUT2D eigenvalue weighted by molar-refractivity contribution is 8.04. The molecule has 152 valence electrons. The van der Waals surface area contributed by atoms with Gasteiger partial charge in [0.2, 0.25) is 0 Å². The molecule has 0 saturated carbocycles. The van der Waals surface area contributed by atoms with E-state index in [0.29, 0.717) is 39.0 Å². The van der Waals surface area contributed by atoms with Gasteiger partial charge in [-0.05, 0) is 29.8 Å². The lowest BCUT2D eigenvalue weighted by Crippen LogP contribution is -2.31. The van der Waals surface area contributed by atoms with Crippen LogP contribution in [0.1, 0.15) is 19.4 Å². The van der Waals surface area contributed by atoms with Crippen molar-refractivity contribution in [1.82, 2.24) is 0 Å². The Kier molecular flexibility index (Phi) is 6.17. The van der Waals surface area contributed by atoms with Crippen LogP contribution in [0.25, 0.3) is 5.57 Å². The molecular weight excluding hydrogens is 390 g/mol. The second-order valence-electron chi connectivity index (χ2n) is 6.59. The summed E-state index contributed by atoms with van der Waals surface area (Å²) in [5.41, 5.74) is 1.43. The predicted molar refractivity (Wildman–Crippen MR) is 115 cm³/mol. The zero-order valence-electron chi connectivity index (χ0n) is 17.0. The second kappa shape index (κ2) is 8.61. The fourth-order valence-corrected chi connectivity index (χ4v) is 4.07. The number of hydrogen-bond acceptors (Lipinski definition) is 6. The molecule has 2 aromatic carbocycles. The van der Waals surface area contributed by atoms with Crippen molar-refractivity contribution in [1.29, 1.82) is 0 Å². The van der Waals surface area contributed by atoms with E-state index in [9.17, 15) is 9.59 Å². The van der Waals surface area contributed by atoms with Crippen molar-refractivity contribution in [3.8, 4) is 17.2 Å². The van der Waals surface area contributed by atoms with E-state index in [1.807, 2.05) is 13.8 Å². The van der Waals surface area contributed by atoms with Crippen LogP contribution in [0.2, 0.25) is 0 Å². The minimum Gasteiger partial charge on any atom is -0.497 e. The van der Waals surface area contributed by atoms with Crippen LogP contribution in [0.4, 0.5) is 5.69 Å². The van der Waals surface area contributed by atoms with Crippen LogP contribution < -0.4 is 19.1 Å². The molecule has 0 radical (unpaired) electrons. The number of hydrogen-bond donors (Lipinski definition) is 0. The molecule has 2 amide bonds. The van der Waals surface area contributed by atoms with Gasteiger partial charge in [-0.3, -0.25) is 9.59 Å². The largest absolute Gasteiger partial charge is 0.497 e. The van der Waals surface area contributed by atoms with E-state index >= 15 is 0 Å². The molecule has 0 aromatic heterocycles. The van der Waals surface area contributed by atoms with Crippen molar-refractivity contribution in [3.63, 3.8) is 0 Å². The summed E-state index contributed by atoms with van der Waals surface area (Å²) in [4.78, 5) is 28.2. The number of anilines is 1. The molecule has 0 fully saturated rings. The quantitative estimate of drug-likeness (QED) is 0.636. The van der Waals surface area contributed by atoms with Gasteiger partial charge in [-0.15, -0.1) is 11.8 Å². The fourth-order valence-electron chi connectivity index (χ4n) is 3.09. The second-order valence-corrected chi connectivity index (χ2v) is 8.17. The van der Waals surface area contributed by atoms with Crippen molar-refractivity contribution in [2.24, 2.45) is 0 Å². The van der Waals surface area contributed by atoms with Crippen LogP contribution in [0.3, 0.4) is 0 Å². The molecule has 2 aromatic rings. The zero-order chi connectivity index (χ0) is 21.1. The third-order valence-electron chi connectivity index (χ3n) is 4.38. The molecule has 1 heterocycles. The first-order valence-corrected chi connectivity index (χ1v) is 9.95. The van der Waals surface area contributed by atoms with Gasteiger partial charge in [0.15, 0.2) is 11.5 Å². The molecular formula is C22H23NO5S. The lowest BCUT2D eigenvalue weighted by molar-refractivity contribution is -0.119. The molecule has 0 unspecified atom stereocenters. The van der Waals surface area contributed by atoms with Crippen molar-refractivity contribution in [2.45, 2.75) is 19.1 Å². The summed E-state index contributed by atoms with van der Waals surface area (Å²) < 4.78 is 15.9. The van der Waals surface area contributed by atoms with Gasteiger partial charge in [-0.25, -0.2) is 4.90 Å². The Morgan fingerprint density at radius 2 is 1.59 bits per heavy atom. The first-order chi connectivity index (χ1) is 13.9. The number of rotatable bonds is 7. The number of imide groups is 1. The molecule has 6 nitrogen and oxygen atoms in total. The average molecular weight is 413 g/mol. The molecule has 0 bridgehead atoms. The predicted octanol–water partition coefficient (Wildman–Crippen LogP) is 4.14. The van der Waals surface area contributed by atoms with Crippen LogP contribution in [-0.2, 0) is 9.59 Å². The number of amides is 2. The van der Waals surface area contributed by atoms with Crippen LogP contribution in [-0.4, -0.2) is 38.4 Å². The molecule has 3 rings (SSSR count). The third-order valence-corrected chi connectivity index (χ3v) is 5.46. The SMILES string of the molecule is COc1cccc(N2C(=O)C(SC(C)C)=C(c3ccc(OC)c(OC)c3)C2=O)c1. The summed E-state index contributed by atoms with van der Waals surface area (Å²) in [5.74, 6) is 0.897. The first-order valence-electron chi connectivity index (χ1n) is 9.07. The maximum absolute atomic E-state index is 13.4. The van der Waals surface area contributed by atoms with Gasteiger partial charge >= 0.3 is 0 Å². The van der Waals surface area contributed by atoms with Gasteiger partial charge in [0.1, 0.15) is 5.75 Å². The lowest BCUT2D eigenvalue weighted by Gasteiger charge is -2.16. The van der Waals surface area contributed by atoms with Crippen LogP contribution in [0.15, 0.2) is 47.4 Å². The molecule has 1 aliphatic heterocycles. The normalized spacial score (nSPS) is 14.1. The van der Waals surface area contributed by atoms with E-state index in [1.54, 1.807) is 56.7 Å². The minimum absolute atomic E-state index is 0.127. The maximum Gasteiger partial charge on any atom is 0.272 e. The van der Waals surface area contributed by atoms with Crippen molar-refractivity contribution < 1.29 is 23.8 Å². The molecule has 0 aliphatic carbocycles. The molecule has 0 atom stereocenters. The van der Waals surface area contributed by atoms with Crippen LogP contribution in [0.5, 0.6) is 17.2 Å². The molecule has 1 aliphatic rings. The van der Waals surface area contributed by atoms with Gasteiger partial charge in [-0.1, -0.05) is 26.0 Å². The van der Waals surface area contributed by atoms with Gasteiger partial charge in [0, 0.05) is 11.3 Å². The Morgan fingerprint density at radius 3 is 2.21 bits per heavy atom. The van der Waals surface area contributed by atoms with E-state index in [-0.39, 0.29) is 17.1 Å². The number of methoxy groups -OCH3 is 3. The highest BCUT2D eigenvalue weighted by atomic mass is 32.2. The summed E-state index contributed by atoms with van der Waals surface area (Å²) in [7, 11) is 4.62. The Balaban J connectivity index is 2.12. The molecule has 29 heavy (non-hydrogen) atoms. The Morgan fingerprint density at radius 1 is 0.862 bits per heavy atom.